The Morgan fingerprint density at radius 1 is 1.62 bits per heavy atom. The topological polar surface area (TPSA) is 38.3 Å². The van der Waals surface area contributed by atoms with Gasteiger partial charge in [0.25, 0.3) is 0 Å². The van der Waals surface area contributed by atoms with Crippen LogP contribution >= 0.6 is 15.9 Å². The summed E-state index contributed by atoms with van der Waals surface area (Å²) >= 11 is 3.28. The SMILES string of the molecule is CCC(Nc1cc(F)ccc1Br)C(=O)OC. The Labute approximate surface area is 102 Å². The zero-order valence-electron chi connectivity index (χ0n) is 9.09. The van der Waals surface area contributed by atoms with Crippen molar-refractivity contribution >= 4 is 27.6 Å². The molecule has 0 spiro atoms. The first-order chi connectivity index (χ1) is 7.58. The summed E-state index contributed by atoms with van der Waals surface area (Å²) in [6.45, 7) is 1.85. The first kappa shape index (κ1) is 13.0. The Morgan fingerprint density at radius 3 is 2.88 bits per heavy atom. The summed E-state index contributed by atoms with van der Waals surface area (Å²) in [4.78, 5) is 11.3. The largest absolute Gasteiger partial charge is 0.467 e. The van der Waals surface area contributed by atoms with Gasteiger partial charge in [0.15, 0.2) is 0 Å². The van der Waals surface area contributed by atoms with E-state index in [0.29, 0.717) is 16.6 Å². The number of ether oxygens (including phenoxy) is 1. The maximum atomic E-state index is 13.0. The molecule has 0 aliphatic heterocycles. The van der Waals surface area contributed by atoms with Crippen molar-refractivity contribution in [3.63, 3.8) is 0 Å². The maximum Gasteiger partial charge on any atom is 0.328 e. The van der Waals surface area contributed by atoms with Crippen LogP contribution in [0.2, 0.25) is 0 Å². The highest BCUT2D eigenvalue weighted by Crippen LogP contribution is 2.24. The van der Waals surface area contributed by atoms with Crippen LogP contribution < -0.4 is 5.32 Å². The molecule has 0 radical (unpaired) electrons. The fraction of sp³-hybridized carbons (Fsp3) is 0.364. The van der Waals surface area contributed by atoms with E-state index in [9.17, 15) is 9.18 Å². The zero-order chi connectivity index (χ0) is 12.1. The van der Waals surface area contributed by atoms with E-state index in [4.69, 9.17) is 0 Å². The smallest absolute Gasteiger partial charge is 0.328 e. The molecule has 0 aliphatic carbocycles. The number of anilines is 1. The summed E-state index contributed by atoms with van der Waals surface area (Å²) in [5.41, 5.74) is 0.539. The number of carbonyl (C=O) groups excluding carboxylic acids is 1. The number of hydrogen-bond donors (Lipinski definition) is 1. The summed E-state index contributed by atoms with van der Waals surface area (Å²) in [7, 11) is 1.33. The zero-order valence-corrected chi connectivity index (χ0v) is 10.7. The average molecular weight is 290 g/mol. The van der Waals surface area contributed by atoms with Crippen molar-refractivity contribution in [3.8, 4) is 0 Å². The van der Waals surface area contributed by atoms with Crippen LogP contribution in [0.3, 0.4) is 0 Å². The van der Waals surface area contributed by atoms with Crippen LogP contribution in [-0.2, 0) is 9.53 Å². The van der Waals surface area contributed by atoms with Crippen molar-refractivity contribution in [2.24, 2.45) is 0 Å². The molecule has 1 rings (SSSR count). The molecule has 0 saturated heterocycles. The van der Waals surface area contributed by atoms with Gasteiger partial charge >= 0.3 is 5.97 Å². The van der Waals surface area contributed by atoms with Crippen molar-refractivity contribution in [1.82, 2.24) is 0 Å². The molecule has 0 amide bonds. The van der Waals surface area contributed by atoms with E-state index in [-0.39, 0.29) is 11.8 Å². The lowest BCUT2D eigenvalue weighted by Gasteiger charge is -2.16. The second-order valence-corrected chi connectivity index (χ2v) is 4.11. The molecule has 0 bridgehead atoms. The van der Waals surface area contributed by atoms with Crippen molar-refractivity contribution in [1.29, 1.82) is 0 Å². The molecule has 88 valence electrons. The fourth-order valence-corrected chi connectivity index (χ4v) is 1.63. The maximum absolute atomic E-state index is 13.0. The van der Waals surface area contributed by atoms with Gasteiger partial charge in [-0.3, -0.25) is 0 Å². The number of methoxy groups -OCH3 is 1. The van der Waals surface area contributed by atoms with E-state index in [1.807, 2.05) is 6.92 Å². The highest BCUT2D eigenvalue weighted by molar-refractivity contribution is 9.10. The molecule has 0 fully saturated rings. The molecular formula is C11H13BrFNO2. The molecule has 1 aromatic carbocycles. The molecule has 1 N–H and O–H groups in total. The highest BCUT2D eigenvalue weighted by atomic mass is 79.9. The molecule has 0 saturated carbocycles. The summed E-state index contributed by atoms with van der Waals surface area (Å²) < 4.78 is 18.3. The van der Waals surface area contributed by atoms with Crippen molar-refractivity contribution < 1.29 is 13.9 Å². The minimum absolute atomic E-state index is 0.356. The third kappa shape index (κ3) is 3.20. The summed E-state index contributed by atoms with van der Waals surface area (Å²) in [6.07, 6.45) is 0.565. The number of nitrogens with one attached hydrogen (secondary N) is 1. The van der Waals surface area contributed by atoms with Gasteiger partial charge in [-0.1, -0.05) is 6.92 Å². The number of rotatable bonds is 4. The minimum atomic E-state index is -0.469. The van der Waals surface area contributed by atoms with Gasteiger partial charge in [0.2, 0.25) is 0 Å². The second kappa shape index (κ2) is 5.84. The minimum Gasteiger partial charge on any atom is -0.467 e. The van der Waals surface area contributed by atoms with Crippen LogP contribution in [0.25, 0.3) is 0 Å². The lowest BCUT2D eigenvalue weighted by atomic mass is 10.2. The standard InChI is InChI=1S/C11H13BrFNO2/c1-3-9(11(15)16-2)14-10-6-7(13)4-5-8(10)12/h4-6,9,14H,3H2,1-2H3. The van der Waals surface area contributed by atoms with Gasteiger partial charge < -0.3 is 10.1 Å². The number of carbonyl (C=O) groups is 1. The van der Waals surface area contributed by atoms with Gasteiger partial charge in [0.1, 0.15) is 11.9 Å². The second-order valence-electron chi connectivity index (χ2n) is 3.25. The number of hydrogen-bond acceptors (Lipinski definition) is 3. The predicted molar refractivity (Wildman–Crippen MR) is 63.8 cm³/mol. The van der Waals surface area contributed by atoms with E-state index in [0.717, 1.165) is 0 Å². The quantitative estimate of drug-likeness (QED) is 0.866. The fourth-order valence-electron chi connectivity index (χ4n) is 1.27. The normalized spacial score (nSPS) is 12.0. The number of benzene rings is 1. The van der Waals surface area contributed by atoms with Gasteiger partial charge in [0.05, 0.1) is 12.8 Å². The Bertz CT molecular complexity index is 384. The summed E-state index contributed by atoms with van der Waals surface area (Å²) in [5, 5.41) is 2.93. The molecule has 0 aliphatic rings. The third-order valence-electron chi connectivity index (χ3n) is 2.15. The van der Waals surface area contributed by atoms with E-state index < -0.39 is 6.04 Å². The van der Waals surface area contributed by atoms with Gasteiger partial charge in [-0.15, -0.1) is 0 Å². The van der Waals surface area contributed by atoms with Crippen LogP contribution in [0.4, 0.5) is 10.1 Å². The van der Waals surface area contributed by atoms with Crippen LogP contribution in [0.15, 0.2) is 22.7 Å². The molecule has 1 unspecified atom stereocenters. The average Bonchev–Trinajstić information content (AvgIpc) is 2.29. The first-order valence-electron chi connectivity index (χ1n) is 4.88. The predicted octanol–water partition coefficient (Wildman–Crippen LogP) is 2.95. The summed E-state index contributed by atoms with van der Waals surface area (Å²) in [5.74, 6) is -0.718. The highest BCUT2D eigenvalue weighted by Gasteiger charge is 2.17. The molecule has 16 heavy (non-hydrogen) atoms. The van der Waals surface area contributed by atoms with Gasteiger partial charge in [-0.05, 0) is 40.5 Å². The molecule has 0 aromatic heterocycles. The molecule has 5 heteroatoms. The molecule has 3 nitrogen and oxygen atoms in total. The van der Waals surface area contributed by atoms with Crippen LogP contribution in [0.5, 0.6) is 0 Å². The Balaban J connectivity index is 2.85. The van der Waals surface area contributed by atoms with E-state index in [1.165, 1.54) is 19.2 Å². The van der Waals surface area contributed by atoms with Gasteiger partial charge in [-0.2, -0.15) is 0 Å². The van der Waals surface area contributed by atoms with E-state index in [1.54, 1.807) is 6.07 Å². The van der Waals surface area contributed by atoms with Crippen molar-refractivity contribution in [2.45, 2.75) is 19.4 Å². The van der Waals surface area contributed by atoms with Crippen LogP contribution in [-0.4, -0.2) is 19.1 Å². The third-order valence-corrected chi connectivity index (χ3v) is 2.84. The van der Waals surface area contributed by atoms with E-state index in [2.05, 4.69) is 26.0 Å². The number of esters is 1. The Morgan fingerprint density at radius 2 is 2.31 bits per heavy atom. The first-order valence-corrected chi connectivity index (χ1v) is 5.67. The molecule has 1 atom stereocenters. The van der Waals surface area contributed by atoms with Crippen molar-refractivity contribution in [2.75, 3.05) is 12.4 Å². The number of halogens is 2. The lowest BCUT2D eigenvalue weighted by molar-refractivity contribution is -0.141. The van der Waals surface area contributed by atoms with Crippen molar-refractivity contribution in [3.05, 3.63) is 28.5 Å². The lowest BCUT2D eigenvalue weighted by Crippen LogP contribution is -2.30. The Hall–Kier alpha value is -1.10. The van der Waals surface area contributed by atoms with Gasteiger partial charge in [0, 0.05) is 4.47 Å². The molecular weight excluding hydrogens is 277 g/mol. The molecule has 0 heterocycles. The monoisotopic (exact) mass is 289 g/mol. The summed E-state index contributed by atoms with van der Waals surface area (Å²) in [6, 6.07) is 3.79. The molecule has 1 aromatic rings. The van der Waals surface area contributed by atoms with E-state index >= 15 is 0 Å². The van der Waals surface area contributed by atoms with Gasteiger partial charge in [-0.25, -0.2) is 9.18 Å². The Kier molecular flexibility index (Phi) is 4.73. The van der Waals surface area contributed by atoms with Crippen LogP contribution in [0, 0.1) is 5.82 Å². The van der Waals surface area contributed by atoms with Crippen LogP contribution in [0.1, 0.15) is 13.3 Å².